The number of alkyl halides is 1. The smallest absolute Gasteiger partial charge is 0.336 e. The molecule has 4 rings (SSSR count). The number of hydrogen-bond acceptors (Lipinski definition) is 3. The maximum atomic E-state index is 15.0. The zero-order valence-electron chi connectivity index (χ0n) is 12.7. The average molecular weight is 318 g/mol. The second-order valence-electron chi connectivity index (χ2n) is 6.78. The molecule has 0 radical (unpaired) electrons. The van der Waals surface area contributed by atoms with Crippen LogP contribution in [0.1, 0.15) is 41.1 Å². The van der Waals surface area contributed by atoms with Gasteiger partial charge in [-0.25, -0.2) is 9.18 Å². The van der Waals surface area contributed by atoms with Gasteiger partial charge in [-0.3, -0.25) is 4.79 Å². The zero-order valence-corrected chi connectivity index (χ0v) is 12.7. The third-order valence-corrected chi connectivity index (χ3v) is 5.30. The molecule has 0 spiro atoms. The van der Waals surface area contributed by atoms with Crippen molar-refractivity contribution < 1.29 is 19.1 Å². The lowest BCUT2D eigenvalue weighted by molar-refractivity contribution is -0.130. The Morgan fingerprint density at radius 3 is 2.83 bits per heavy atom. The van der Waals surface area contributed by atoms with Crippen molar-refractivity contribution >= 4 is 17.6 Å². The van der Waals surface area contributed by atoms with Gasteiger partial charge >= 0.3 is 5.97 Å². The van der Waals surface area contributed by atoms with Crippen LogP contribution in [0.5, 0.6) is 0 Å². The Hall–Kier alpha value is -1.95. The average Bonchev–Trinajstić information content (AvgIpc) is 3.34. The summed E-state index contributed by atoms with van der Waals surface area (Å²) >= 11 is 0. The van der Waals surface area contributed by atoms with E-state index < -0.39 is 17.5 Å². The number of halogens is 1. The van der Waals surface area contributed by atoms with Crippen LogP contribution in [0.3, 0.4) is 0 Å². The molecule has 122 valence electrons. The molecule has 0 aromatic heterocycles. The van der Waals surface area contributed by atoms with Gasteiger partial charge in [-0.15, -0.1) is 0 Å². The molecule has 1 aromatic carbocycles. The molecular weight excluding hydrogens is 299 g/mol. The number of carboxylic acids is 1. The zero-order chi connectivity index (χ0) is 16.2. The summed E-state index contributed by atoms with van der Waals surface area (Å²) in [7, 11) is 0. The van der Waals surface area contributed by atoms with Crippen molar-refractivity contribution in [3.63, 3.8) is 0 Å². The van der Waals surface area contributed by atoms with E-state index in [1.807, 2.05) is 0 Å². The molecule has 2 N–H and O–H groups in total. The molecule has 2 aliphatic heterocycles. The number of carbonyl (C=O) groups is 2. The van der Waals surface area contributed by atoms with Gasteiger partial charge in [-0.2, -0.15) is 0 Å². The van der Waals surface area contributed by atoms with Crippen LogP contribution in [0.25, 0.3) is 0 Å². The molecule has 23 heavy (non-hydrogen) atoms. The van der Waals surface area contributed by atoms with E-state index in [4.69, 9.17) is 0 Å². The Labute approximate surface area is 133 Å². The van der Waals surface area contributed by atoms with Gasteiger partial charge in [0.25, 0.3) is 5.91 Å². The lowest BCUT2D eigenvalue weighted by atomic mass is 9.86. The van der Waals surface area contributed by atoms with Crippen molar-refractivity contribution in [3.05, 3.63) is 29.3 Å². The van der Waals surface area contributed by atoms with Crippen LogP contribution in [0, 0.1) is 5.92 Å². The summed E-state index contributed by atoms with van der Waals surface area (Å²) in [6, 6.07) is 5.07. The number of hydrogen-bond donors (Lipinski definition) is 2. The van der Waals surface area contributed by atoms with Crippen molar-refractivity contribution in [2.75, 3.05) is 24.5 Å². The highest BCUT2D eigenvalue weighted by atomic mass is 19.1. The topological polar surface area (TPSA) is 69.6 Å². The van der Waals surface area contributed by atoms with Crippen LogP contribution in [0.4, 0.5) is 10.1 Å². The van der Waals surface area contributed by atoms with E-state index in [0.29, 0.717) is 31.2 Å². The molecule has 1 amide bonds. The quantitative estimate of drug-likeness (QED) is 0.893. The van der Waals surface area contributed by atoms with Crippen LogP contribution >= 0.6 is 0 Å². The Kier molecular flexibility index (Phi) is 3.20. The van der Waals surface area contributed by atoms with Crippen LogP contribution in [0.15, 0.2) is 18.2 Å². The summed E-state index contributed by atoms with van der Waals surface area (Å²) in [5.41, 5.74) is -0.270. The summed E-state index contributed by atoms with van der Waals surface area (Å²) in [6.07, 6.45) is 2.19. The van der Waals surface area contributed by atoms with E-state index in [-0.39, 0.29) is 17.9 Å². The van der Waals surface area contributed by atoms with Gasteiger partial charge in [0.05, 0.1) is 5.56 Å². The lowest BCUT2D eigenvalue weighted by Gasteiger charge is -2.29. The third-order valence-electron chi connectivity index (χ3n) is 5.30. The first-order valence-corrected chi connectivity index (χ1v) is 8.09. The van der Waals surface area contributed by atoms with Gasteiger partial charge in [0.15, 0.2) is 5.67 Å². The number of nitrogens with one attached hydrogen (secondary N) is 1. The van der Waals surface area contributed by atoms with Crippen molar-refractivity contribution in [1.82, 2.24) is 5.32 Å². The molecule has 1 saturated carbocycles. The maximum Gasteiger partial charge on any atom is 0.336 e. The van der Waals surface area contributed by atoms with Crippen molar-refractivity contribution in [1.29, 1.82) is 0 Å². The second-order valence-corrected chi connectivity index (χ2v) is 6.78. The molecule has 0 bridgehead atoms. The highest BCUT2D eigenvalue weighted by Crippen LogP contribution is 2.44. The molecule has 2 atom stereocenters. The number of fused-ring (bicyclic) bond motifs is 1. The Balaban J connectivity index is 1.69. The molecule has 0 unspecified atom stereocenters. The van der Waals surface area contributed by atoms with E-state index in [0.717, 1.165) is 18.4 Å². The van der Waals surface area contributed by atoms with E-state index in [2.05, 4.69) is 5.32 Å². The molecule has 3 aliphatic rings. The fourth-order valence-corrected chi connectivity index (χ4v) is 3.80. The minimum absolute atomic E-state index is 0.180. The van der Waals surface area contributed by atoms with Gasteiger partial charge in [-0.05, 0) is 43.0 Å². The number of amides is 1. The van der Waals surface area contributed by atoms with Gasteiger partial charge < -0.3 is 15.3 Å². The number of benzene rings is 1. The molecule has 2 saturated heterocycles. The maximum absolute atomic E-state index is 15.0. The van der Waals surface area contributed by atoms with Gasteiger partial charge in [0.2, 0.25) is 0 Å². The van der Waals surface area contributed by atoms with Crippen LogP contribution in [-0.4, -0.2) is 42.3 Å². The second kappa shape index (κ2) is 5.03. The highest BCUT2D eigenvalue weighted by molar-refractivity contribution is 6.03. The normalized spacial score (nSPS) is 30.4. The number of carboxylic acid groups (broad SMARTS) is 1. The molecule has 3 fully saturated rings. The molecule has 5 nitrogen and oxygen atoms in total. The van der Waals surface area contributed by atoms with Crippen LogP contribution in [0.2, 0.25) is 0 Å². The van der Waals surface area contributed by atoms with Crippen molar-refractivity contribution in [2.45, 2.75) is 30.8 Å². The van der Waals surface area contributed by atoms with Crippen molar-refractivity contribution in [2.24, 2.45) is 5.92 Å². The Morgan fingerprint density at radius 1 is 1.39 bits per heavy atom. The van der Waals surface area contributed by atoms with Crippen molar-refractivity contribution in [3.8, 4) is 0 Å². The Bertz CT molecular complexity index is 688. The standard InChI is InChI=1S/C17H19FN2O3/c18-17-5-6-19-8-11(17)9-20(16(17)23)12-3-4-13(10-1-2-10)14(7-12)15(21)22/h3-4,7,10-11,19H,1-2,5-6,8-9H2,(H,21,22)/t11-,17+/m0/s1. The predicted molar refractivity (Wildman–Crippen MR) is 82.5 cm³/mol. The summed E-state index contributed by atoms with van der Waals surface area (Å²) in [5.74, 6) is -1.59. The summed E-state index contributed by atoms with van der Waals surface area (Å²) in [6.45, 7) is 1.27. The van der Waals surface area contributed by atoms with E-state index in [1.165, 1.54) is 11.0 Å². The minimum atomic E-state index is -1.82. The van der Waals surface area contributed by atoms with Gasteiger partial charge in [0.1, 0.15) is 0 Å². The van der Waals surface area contributed by atoms with Crippen LogP contribution in [-0.2, 0) is 4.79 Å². The predicted octanol–water partition coefficient (Wildman–Crippen LogP) is 1.93. The lowest BCUT2D eigenvalue weighted by Crippen LogP contribution is -2.49. The fourth-order valence-electron chi connectivity index (χ4n) is 3.80. The first-order valence-electron chi connectivity index (χ1n) is 8.09. The van der Waals surface area contributed by atoms with E-state index >= 15 is 4.39 Å². The molecule has 6 heteroatoms. The number of piperidine rings is 1. The first-order chi connectivity index (χ1) is 11.0. The first kappa shape index (κ1) is 14.6. The number of aromatic carboxylic acids is 1. The van der Waals surface area contributed by atoms with Gasteiger partial charge in [0, 0.05) is 31.1 Å². The molecule has 1 aliphatic carbocycles. The minimum Gasteiger partial charge on any atom is -0.478 e. The summed E-state index contributed by atoms with van der Waals surface area (Å²) in [4.78, 5) is 25.5. The molecular formula is C17H19FN2O3. The van der Waals surface area contributed by atoms with E-state index in [1.54, 1.807) is 12.1 Å². The third kappa shape index (κ3) is 2.24. The highest BCUT2D eigenvalue weighted by Gasteiger charge is 2.56. The summed E-state index contributed by atoms with van der Waals surface area (Å²) in [5, 5.41) is 12.6. The number of nitrogens with zero attached hydrogens (tertiary/aromatic N) is 1. The largest absolute Gasteiger partial charge is 0.478 e. The SMILES string of the molecule is O=C(O)c1cc(N2C[C@@H]3CNCC[C@]3(F)C2=O)ccc1C1CC1. The summed E-state index contributed by atoms with van der Waals surface area (Å²) < 4.78 is 15.0. The molecule has 1 aromatic rings. The molecule has 2 heterocycles. The monoisotopic (exact) mass is 318 g/mol. The van der Waals surface area contributed by atoms with Crippen LogP contribution < -0.4 is 10.2 Å². The number of carbonyl (C=O) groups excluding carboxylic acids is 1. The fraction of sp³-hybridized carbons (Fsp3) is 0.529. The number of anilines is 1. The Morgan fingerprint density at radius 2 is 2.17 bits per heavy atom. The van der Waals surface area contributed by atoms with E-state index in [9.17, 15) is 14.7 Å². The number of rotatable bonds is 3. The van der Waals surface area contributed by atoms with Gasteiger partial charge in [-0.1, -0.05) is 6.07 Å².